The van der Waals surface area contributed by atoms with Gasteiger partial charge in [-0.15, -0.1) is 0 Å². The van der Waals surface area contributed by atoms with E-state index in [0.29, 0.717) is 32.7 Å². The molecular formula is C15H10ClFN2O. The van der Waals surface area contributed by atoms with E-state index in [0.717, 1.165) is 0 Å². The number of benzene rings is 1. The highest BCUT2D eigenvalue weighted by atomic mass is 35.5. The van der Waals surface area contributed by atoms with Crippen molar-refractivity contribution in [2.75, 3.05) is 0 Å². The van der Waals surface area contributed by atoms with Crippen LogP contribution in [0.15, 0.2) is 36.7 Å². The largest absolute Gasteiger partial charge is 0.345 e. The predicted octanol–water partition coefficient (Wildman–Crippen LogP) is 3.89. The number of fused-ring (bicyclic) bond motifs is 1. The van der Waals surface area contributed by atoms with Crippen molar-refractivity contribution in [2.24, 2.45) is 0 Å². The van der Waals surface area contributed by atoms with Gasteiger partial charge in [0.25, 0.3) is 0 Å². The lowest BCUT2D eigenvalue weighted by Crippen LogP contribution is -2.02. The second kappa shape index (κ2) is 4.72. The zero-order chi connectivity index (χ0) is 14.3. The number of hydrogen-bond acceptors (Lipinski definition) is 2. The SMILES string of the molecule is Cc1cc(F)cc(C(=O)c2c[nH]c3nccc(Cl)c23)c1. The molecule has 0 aliphatic heterocycles. The van der Waals surface area contributed by atoms with Gasteiger partial charge < -0.3 is 4.98 Å². The monoisotopic (exact) mass is 288 g/mol. The van der Waals surface area contributed by atoms with Crippen molar-refractivity contribution in [2.45, 2.75) is 6.92 Å². The number of carbonyl (C=O) groups is 1. The molecule has 0 fully saturated rings. The summed E-state index contributed by atoms with van der Waals surface area (Å²) in [5.41, 5.74) is 1.91. The van der Waals surface area contributed by atoms with Crippen LogP contribution in [0.4, 0.5) is 4.39 Å². The van der Waals surface area contributed by atoms with Crippen molar-refractivity contribution >= 4 is 28.4 Å². The Hall–Kier alpha value is -2.20. The molecule has 0 unspecified atom stereocenters. The first-order valence-corrected chi connectivity index (χ1v) is 6.37. The molecule has 0 aliphatic carbocycles. The number of H-pyrrole nitrogens is 1. The first-order valence-electron chi connectivity index (χ1n) is 6.00. The van der Waals surface area contributed by atoms with Crippen molar-refractivity contribution in [3.8, 4) is 0 Å². The number of nitrogens with zero attached hydrogens (tertiary/aromatic N) is 1. The molecule has 2 aromatic heterocycles. The molecule has 0 aliphatic rings. The molecule has 1 N–H and O–H groups in total. The number of carbonyl (C=O) groups excluding carboxylic acids is 1. The lowest BCUT2D eigenvalue weighted by atomic mass is 10.0. The van der Waals surface area contributed by atoms with E-state index in [1.165, 1.54) is 12.1 Å². The number of nitrogens with one attached hydrogen (secondary N) is 1. The van der Waals surface area contributed by atoms with E-state index < -0.39 is 5.82 Å². The smallest absolute Gasteiger partial charge is 0.195 e. The summed E-state index contributed by atoms with van der Waals surface area (Å²) in [5, 5.41) is 0.994. The third kappa shape index (κ3) is 2.08. The molecule has 3 aromatic rings. The van der Waals surface area contributed by atoms with Gasteiger partial charge in [0.05, 0.1) is 10.6 Å². The van der Waals surface area contributed by atoms with Crippen molar-refractivity contribution in [3.05, 3.63) is 64.2 Å². The number of aryl methyl sites for hydroxylation is 1. The van der Waals surface area contributed by atoms with Crippen LogP contribution in [0.2, 0.25) is 5.02 Å². The fraction of sp³-hybridized carbons (Fsp3) is 0.0667. The van der Waals surface area contributed by atoms with Crippen molar-refractivity contribution < 1.29 is 9.18 Å². The van der Waals surface area contributed by atoms with Crippen LogP contribution in [0.1, 0.15) is 21.5 Å². The summed E-state index contributed by atoms with van der Waals surface area (Å²) in [7, 11) is 0. The molecule has 5 heteroatoms. The van der Waals surface area contributed by atoms with Crippen LogP contribution in [0, 0.1) is 12.7 Å². The molecule has 0 atom stereocenters. The fourth-order valence-corrected chi connectivity index (χ4v) is 2.47. The first-order chi connectivity index (χ1) is 9.56. The minimum absolute atomic E-state index is 0.284. The Kier molecular flexibility index (Phi) is 3.03. The summed E-state index contributed by atoms with van der Waals surface area (Å²) < 4.78 is 13.4. The zero-order valence-electron chi connectivity index (χ0n) is 10.6. The number of halogens is 2. The van der Waals surface area contributed by atoms with Crippen molar-refractivity contribution in [1.29, 1.82) is 0 Å². The van der Waals surface area contributed by atoms with Crippen LogP contribution in [-0.2, 0) is 0 Å². The molecule has 0 amide bonds. The molecule has 20 heavy (non-hydrogen) atoms. The molecule has 0 bridgehead atoms. The van der Waals surface area contributed by atoms with Crippen LogP contribution < -0.4 is 0 Å². The van der Waals surface area contributed by atoms with E-state index in [9.17, 15) is 9.18 Å². The summed E-state index contributed by atoms with van der Waals surface area (Å²) >= 11 is 6.11. The highest BCUT2D eigenvalue weighted by Gasteiger charge is 2.17. The van der Waals surface area contributed by atoms with E-state index >= 15 is 0 Å². The number of ketones is 1. The molecule has 2 heterocycles. The quantitative estimate of drug-likeness (QED) is 0.727. The number of aromatic nitrogens is 2. The molecule has 1 aromatic carbocycles. The van der Waals surface area contributed by atoms with Gasteiger partial charge in [0, 0.05) is 23.3 Å². The molecule has 100 valence electrons. The molecule has 3 rings (SSSR count). The third-order valence-corrected chi connectivity index (χ3v) is 3.39. The van der Waals surface area contributed by atoms with Gasteiger partial charge >= 0.3 is 0 Å². The van der Waals surface area contributed by atoms with Crippen LogP contribution in [-0.4, -0.2) is 15.8 Å². The average molecular weight is 289 g/mol. The Bertz CT molecular complexity index is 806. The van der Waals surface area contributed by atoms with E-state index in [1.807, 2.05) is 0 Å². The van der Waals surface area contributed by atoms with Crippen LogP contribution in [0.25, 0.3) is 11.0 Å². The van der Waals surface area contributed by atoms with Crippen LogP contribution in [0.5, 0.6) is 0 Å². The number of hydrogen-bond donors (Lipinski definition) is 1. The lowest BCUT2D eigenvalue weighted by Gasteiger charge is -2.03. The first kappa shape index (κ1) is 12.8. The van der Waals surface area contributed by atoms with Gasteiger partial charge in [0.1, 0.15) is 11.5 Å². The Labute approximate surface area is 119 Å². The Morgan fingerprint density at radius 1 is 1.35 bits per heavy atom. The Morgan fingerprint density at radius 3 is 2.90 bits per heavy atom. The summed E-state index contributed by atoms with van der Waals surface area (Å²) in [6.07, 6.45) is 3.11. The molecule has 0 saturated carbocycles. The second-order valence-corrected chi connectivity index (χ2v) is 4.97. The topological polar surface area (TPSA) is 45.8 Å². The van der Waals surface area contributed by atoms with Gasteiger partial charge in [-0.1, -0.05) is 11.6 Å². The normalized spacial score (nSPS) is 10.9. The van der Waals surface area contributed by atoms with Gasteiger partial charge in [-0.2, -0.15) is 0 Å². The average Bonchev–Trinajstić information content (AvgIpc) is 2.82. The molecule has 0 saturated heterocycles. The summed E-state index contributed by atoms with van der Waals surface area (Å²) in [5.74, 6) is -0.717. The highest BCUT2D eigenvalue weighted by molar-refractivity contribution is 6.37. The van der Waals surface area contributed by atoms with Crippen LogP contribution >= 0.6 is 11.6 Å². The van der Waals surface area contributed by atoms with Crippen molar-refractivity contribution in [3.63, 3.8) is 0 Å². The molecule has 0 spiro atoms. The van der Waals surface area contributed by atoms with Gasteiger partial charge in [0.15, 0.2) is 5.78 Å². The molecular weight excluding hydrogens is 279 g/mol. The minimum Gasteiger partial charge on any atom is -0.345 e. The number of rotatable bonds is 2. The number of aromatic amines is 1. The summed E-state index contributed by atoms with van der Waals surface area (Å²) in [6.45, 7) is 1.74. The standard InChI is InChI=1S/C15H10ClFN2O/c1-8-4-9(6-10(17)5-8)14(20)11-7-19-15-13(11)12(16)2-3-18-15/h2-7H,1H3,(H,18,19). The van der Waals surface area contributed by atoms with Crippen LogP contribution in [0.3, 0.4) is 0 Å². The van der Waals surface area contributed by atoms with E-state index in [4.69, 9.17) is 11.6 Å². The minimum atomic E-state index is -0.433. The third-order valence-electron chi connectivity index (χ3n) is 3.07. The van der Waals surface area contributed by atoms with Gasteiger partial charge in [-0.25, -0.2) is 9.37 Å². The zero-order valence-corrected chi connectivity index (χ0v) is 11.3. The van der Waals surface area contributed by atoms with Gasteiger partial charge in [-0.3, -0.25) is 4.79 Å². The van der Waals surface area contributed by atoms with E-state index in [1.54, 1.807) is 31.5 Å². The van der Waals surface area contributed by atoms with Gasteiger partial charge in [0.2, 0.25) is 0 Å². The molecule has 3 nitrogen and oxygen atoms in total. The Balaban J connectivity index is 2.18. The maximum atomic E-state index is 13.4. The lowest BCUT2D eigenvalue weighted by molar-refractivity contribution is 0.104. The summed E-state index contributed by atoms with van der Waals surface area (Å²) in [4.78, 5) is 19.5. The summed E-state index contributed by atoms with van der Waals surface area (Å²) in [6, 6.07) is 5.86. The maximum Gasteiger partial charge on any atom is 0.195 e. The molecule has 0 radical (unpaired) electrons. The van der Waals surface area contributed by atoms with Crippen molar-refractivity contribution in [1.82, 2.24) is 9.97 Å². The maximum absolute atomic E-state index is 13.4. The second-order valence-electron chi connectivity index (χ2n) is 4.57. The van der Waals surface area contributed by atoms with Gasteiger partial charge in [-0.05, 0) is 36.8 Å². The van der Waals surface area contributed by atoms with E-state index in [2.05, 4.69) is 9.97 Å². The Morgan fingerprint density at radius 2 is 2.15 bits per heavy atom. The number of pyridine rings is 1. The van der Waals surface area contributed by atoms with E-state index in [-0.39, 0.29) is 5.78 Å². The highest BCUT2D eigenvalue weighted by Crippen LogP contribution is 2.27. The predicted molar refractivity (Wildman–Crippen MR) is 75.7 cm³/mol. The fourth-order valence-electron chi connectivity index (χ4n) is 2.22.